The Morgan fingerprint density at radius 2 is 1.17 bits per heavy atom. The number of nitrogens with zero attached hydrogens (tertiary/aromatic N) is 7. The van der Waals surface area contributed by atoms with Crippen LogP contribution in [0, 0.1) is 0 Å². The molecule has 1 saturated heterocycles. The first-order chi connectivity index (χ1) is 31.7. The van der Waals surface area contributed by atoms with E-state index >= 15 is 0 Å². The predicted molar refractivity (Wildman–Crippen MR) is 259 cm³/mol. The van der Waals surface area contributed by atoms with Gasteiger partial charge in [0.2, 0.25) is 28.9 Å². The Hall–Kier alpha value is -6.01. The molecule has 0 bridgehead atoms. The summed E-state index contributed by atoms with van der Waals surface area (Å²) < 4.78 is 7.83. The van der Waals surface area contributed by atoms with E-state index in [1.807, 2.05) is 65.1 Å². The highest BCUT2D eigenvalue weighted by molar-refractivity contribution is 5.89. The molecule has 358 valence electrons. The number of carbonyl (C=O) groups is 4. The molecule has 17 heteroatoms. The summed E-state index contributed by atoms with van der Waals surface area (Å²) in [6.45, 7) is 24.0. The average Bonchev–Trinajstić information content (AvgIpc) is 3.76. The lowest BCUT2D eigenvalue weighted by Gasteiger charge is -2.33. The number of hydrogen-bond acceptors (Lipinski definition) is 12. The van der Waals surface area contributed by atoms with Crippen LogP contribution in [0.25, 0.3) is 27.9 Å². The van der Waals surface area contributed by atoms with Gasteiger partial charge in [-0.25, -0.2) is 9.48 Å². The molecule has 0 aliphatic carbocycles. The van der Waals surface area contributed by atoms with E-state index < -0.39 is 5.97 Å². The third-order valence-electron chi connectivity index (χ3n) is 10.8. The Morgan fingerprint density at radius 3 is 1.62 bits per heavy atom. The molecule has 0 radical (unpaired) electrons. The topological polar surface area (TPSA) is 198 Å². The molecule has 5 aromatic rings. The van der Waals surface area contributed by atoms with Crippen LogP contribution in [-0.4, -0.2) is 155 Å². The number of pyridine rings is 1. The standard InChI is InChI=1S/C40H58N10O5.C7H6O2.C2H6/c1-7-41-35(51)26-47-18-16-46(17-19-48(27-36(52)42-8-2)21-23-49(22-20-47)28-37(53)43-9-3)25-30-14-15-50(45-30)34-13-11-31-38(54)32-24-29(40(4,5)6)10-12-33(32)55-39(31)44-34;8-7(9)6-4-2-1-3-5-6;1-2/h10-15,24H,7-9,16-23,25-28H2,1-6H3,(H,41,51)(H,42,52)(H,43,53);1-5H,(H,8,9);1-2H3. The average molecular weight is 911 g/mol. The van der Waals surface area contributed by atoms with Crippen LogP contribution in [0.15, 0.2) is 82.1 Å². The number of carboxylic acid groups (broad SMARTS) is 1. The zero-order valence-corrected chi connectivity index (χ0v) is 40.1. The molecular formula is C49H70N10O7. The van der Waals surface area contributed by atoms with Crippen molar-refractivity contribution in [3.05, 3.63) is 100.0 Å². The maximum atomic E-state index is 13.5. The van der Waals surface area contributed by atoms with Crippen molar-refractivity contribution >= 4 is 45.8 Å². The van der Waals surface area contributed by atoms with E-state index in [2.05, 4.69) is 56.3 Å². The molecule has 66 heavy (non-hydrogen) atoms. The summed E-state index contributed by atoms with van der Waals surface area (Å²) in [5.41, 5.74) is 2.73. The minimum Gasteiger partial charge on any atom is -0.478 e. The lowest BCUT2D eigenvalue weighted by molar-refractivity contribution is -0.124. The van der Waals surface area contributed by atoms with E-state index in [1.54, 1.807) is 47.1 Å². The number of aromatic carboxylic acids is 1. The van der Waals surface area contributed by atoms with Gasteiger partial charge < -0.3 is 25.5 Å². The van der Waals surface area contributed by atoms with E-state index in [0.717, 1.165) is 11.3 Å². The number of carbonyl (C=O) groups excluding carboxylic acids is 3. The van der Waals surface area contributed by atoms with Crippen LogP contribution < -0.4 is 21.4 Å². The molecule has 3 amide bonds. The van der Waals surface area contributed by atoms with Gasteiger partial charge in [0.25, 0.3) is 0 Å². The maximum absolute atomic E-state index is 13.5. The number of nitrogens with one attached hydrogen (secondary N) is 3. The van der Waals surface area contributed by atoms with Gasteiger partial charge >= 0.3 is 5.97 Å². The Balaban J connectivity index is 0.000000764. The second kappa shape index (κ2) is 26.2. The van der Waals surface area contributed by atoms with Crippen molar-refractivity contribution in [2.45, 2.75) is 67.3 Å². The number of benzene rings is 2. The van der Waals surface area contributed by atoms with Gasteiger partial charge in [-0.3, -0.25) is 38.8 Å². The molecule has 0 saturated carbocycles. The number of hydrogen-bond donors (Lipinski definition) is 4. The summed E-state index contributed by atoms with van der Waals surface area (Å²) in [6, 6.07) is 19.5. The lowest BCUT2D eigenvalue weighted by Crippen LogP contribution is -2.50. The number of amides is 3. The van der Waals surface area contributed by atoms with E-state index in [1.165, 1.54) is 0 Å². The van der Waals surface area contributed by atoms with Gasteiger partial charge in [-0.1, -0.05) is 58.9 Å². The molecule has 6 rings (SSSR count). The zero-order valence-electron chi connectivity index (χ0n) is 40.1. The van der Waals surface area contributed by atoms with E-state index in [4.69, 9.17) is 19.6 Å². The molecule has 17 nitrogen and oxygen atoms in total. The molecular weight excluding hydrogens is 841 g/mol. The van der Waals surface area contributed by atoms with E-state index in [-0.39, 0.29) is 53.9 Å². The van der Waals surface area contributed by atoms with Crippen molar-refractivity contribution in [1.29, 1.82) is 0 Å². The minimum atomic E-state index is -0.879. The van der Waals surface area contributed by atoms with Crippen LogP contribution in [0.2, 0.25) is 0 Å². The summed E-state index contributed by atoms with van der Waals surface area (Å²) in [6.07, 6.45) is 1.85. The second-order valence-electron chi connectivity index (χ2n) is 16.8. The normalized spacial score (nSPS) is 14.7. The van der Waals surface area contributed by atoms with Crippen molar-refractivity contribution < 1.29 is 28.7 Å². The third-order valence-corrected chi connectivity index (χ3v) is 10.8. The monoisotopic (exact) mass is 911 g/mol. The minimum absolute atomic E-state index is 0.0374. The highest BCUT2D eigenvalue weighted by atomic mass is 16.4. The van der Waals surface area contributed by atoms with Crippen LogP contribution in [-0.2, 0) is 26.3 Å². The molecule has 1 aliphatic rings. The summed E-state index contributed by atoms with van der Waals surface area (Å²) >= 11 is 0. The Bertz CT molecular complexity index is 2360. The van der Waals surface area contributed by atoms with Crippen molar-refractivity contribution in [3.8, 4) is 5.82 Å². The number of carboxylic acids is 1. The first-order valence-corrected chi connectivity index (χ1v) is 23.1. The van der Waals surface area contributed by atoms with Crippen LogP contribution in [0.5, 0.6) is 0 Å². The number of aromatic nitrogens is 3. The predicted octanol–water partition coefficient (Wildman–Crippen LogP) is 4.37. The van der Waals surface area contributed by atoms with Crippen LogP contribution in [0.3, 0.4) is 0 Å². The molecule has 3 aromatic heterocycles. The first-order valence-electron chi connectivity index (χ1n) is 23.1. The quantitative estimate of drug-likeness (QED) is 0.122. The summed E-state index contributed by atoms with van der Waals surface area (Å²) in [4.78, 5) is 75.1. The molecule has 0 atom stereocenters. The molecule has 2 aromatic carbocycles. The van der Waals surface area contributed by atoms with Crippen molar-refractivity contribution in [2.75, 3.05) is 91.6 Å². The first kappa shape index (κ1) is 52.6. The molecule has 1 fully saturated rings. The van der Waals surface area contributed by atoms with Gasteiger partial charge in [-0.15, -0.1) is 0 Å². The van der Waals surface area contributed by atoms with E-state index in [9.17, 15) is 24.0 Å². The molecule has 0 spiro atoms. The van der Waals surface area contributed by atoms with Crippen LogP contribution in [0.1, 0.15) is 77.0 Å². The van der Waals surface area contributed by atoms with Crippen LogP contribution >= 0.6 is 0 Å². The fraction of sp³-hybridized carbons (Fsp3) is 0.490. The van der Waals surface area contributed by atoms with Gasteiger partial charge in [0.1, 0.15) is 5.58 Å². The number of fused-ring (bicyclic) bond motifs is 2. The number of rotatable bonds is 13. The SMILES string of the molecule is CC.CCNC(=O)CN1CCN(CC(=O)NCC)CCN(Cc2ccn(-c3ccc4c(=O)c5cc(C(C)(C)C)ccc5oc4n3)n2)CCN(CC(=O)NCC)CC1.O=C(O)c1ccccc1. The fourth-order valence-corrected chi connectivity index (χ4v) is 7.28. The maximum Gasteiger partial charge on any atom is 0.335 e. The summed E-state index contributed by atoms with van der Waals surface area (Å²) in [7, 11) is 0. The fourth-order valence-electron chi connectivity index (χ4n) is 7.28. The second-order valence-corrected chi connectivity index (χ2v) is 16.8. The van der Waals surface area contributed by atoms with Gasteiger partial charge in [-0.2, -0.15) is 10.1 Å². The Morgan fingerprint density at radius 1 is 0.667 bits per heavy atom. The van der Waals surface area contributed by atoms with Crippen LogP contribution in [0.4, 0.5) is 0 Å². The van der Waals surface area contributed by atoms with E-state index in [0.29, 0.717) is 106 Å². The third kappa shape index (κ3) is 16.2. The smallest absolute Gasteiger partial charge is 0.335 e. The highest BCUT2D eigenvalue weighted by Crippen LogP contribution is 2.26. The molecule has 1 aliphatic heterocycles. The lowest BCUT2D eigenvalue weighted by atomic mass is 9.86. The Labute approximate surface area is 388 Å². The van der Waals surface area contributed by atoms with Crippen molar-refractivity contribution in [3.63, 3.8) is 0 Å². The van der Waals surface area contributed by atoms with Gasteiger partial charge in [0.15, 0.2) is 5.82 Å². The van der Waals surface area contributed by atoms with Crippen molar-refractivity contribution in [1.82, 2.24) is 50.3 Å². The Kier molecular flexibility index (Phi) is 20.9. The number of likely N-dealkylation sites (N-methyl/N-ethyl adjacent to an activating group) is 3. The van der Waals surface area contributed by atoms with Gasteiger partial charge in [0, 0.05) is 84.7 Å². The van der Waals surface area contributed by atoms with Gasteiger partial charge in [0.05, 0.1) is 41.7 Å². The summed E-state index contributed by atoms with van der Waals surface area (Å²) in [5.74, 6) is -0.470. The largest absolute Gasteiger partial charge is 0.478 e. The molecule has 4 heterocycles. The van der Waals surface area contributed by atoms with Crippen molar-refractivity contribution in [2.24, 2.45) is 0 Å². The molecule has 4 N–H and O–H groups in total. The van der Waals surface area contributed by atoms with Gasteiger partial charge in [-0.05, 0) is 74.2 Å². The zero-order chi connectivity index (χ0) is 48.2. The highest BCUT2D eigenvalue weighted by Gasteiger charge is 2.22. The summed E-state index contributed by atoms with van der Waals surface area (Å²) in [5, 5.41) is 22.9. The molecule has 0 unspecified atom stereocenters.